The van der Waals surface area contributed by atoms with E-state index in [-0.39, 0.29) is 35.9 Å². The van der Waals surface area contributed by atoms with Crippen LogP contribution in [0.4, 0.5) is 0 Å². The van der Waals surface area contributed by atoms with E-state index in [0.29, 0.717) is 23.5 Å². The van der Waals surface area contributed by atoms with Crippen LogP contribution < -0.4 is 0 Å². The second kappa shape index (κ2) is 11.2. The molecule has 2 aliphatic heterocycles. The molecule has 0 spiro atoms. The molecular formula is C23H27N3O6S2. The highest BCUT2D eigenvalue weighted by molar-refractivity contribution is 8.76. The van der Waals surface area contributed by atoms with Crippen LogP contribution in [0.3, 0.4) is 0 Å². The van der Waals surface area contributed by atoms with Gasteiger partial charge in [0.05, 0.1) is 5.92 Å². The maximum absolute atomic E-state index is 12.4. The molecule has 0 N–H and O–H groups in total. The van der Waals surface area contributed by atoms with Crippen molar-refractivity contribution in [1.82, 2.24) is 14.9 Å². The Bertz CT molecular complexity index is 1010. The Balaban J connectivity index is 1.45. The average molecular weight is 506 g/mol. The van der Waals surface area contributed by atoms with Crippen LogP contribution in [0.25, 0.3) is 0 Å². The zero-order valence-electron chi connectivity index (χ0n) is 19.5. The van der Waals surface area contributed by atoms with Crippen molar-refractivity contribution in [2.75, 3.05) is 0 Å². The number of hydrogen-bond donors (Lipinski definition) is 0. The van der Waals surface area contributed by atoms with Crippen LogP contribution in [-0.4, -0.2) is 55.8 Å². The van der Waals surface area contributed by atoms with Gasteiger partial charge in [0.2, 0.25) is 0 Å². The van der Waals surface area contributed by atoms with Gasteiger partial charge in [0.15, 0.2) is 0 Å². The number of aromatic nitrogens is 1. The Morgan fingerprint density at radius 1 is 1.06 bits per heavy atom. The Morgan fingerprint density at radius 3 is 2.29 bits per heavy atom. The lowest BCUT2D eigenvalue weighted by molar-refractivity contribution is -0.200. The predicted octanol–water partition coefficient (Wildman–Crippen LogP) is 3.09. The fourth-order valence-electron chi connectivity index (χ4n) is 3.50. The van der Waals surface area contributed by atoms with Crippen molar-refractivity contribution in [1.29, 1.82) is 0 Å². The largest absolute Gasteiger partial charge is 0.336 e. The van der Waals surface area contributed by atoms with Crippen molar-refractivity contribution in [2.24, 2.45) is 5.92 Å². The number of hydrogen-bond acceptors (Lipinski definition) is 9. The summed E-state index contributed by atoms with van der Waals surface area (Å²) in [6, 6.07) is 3.54. The molecule has 4 amide bonds. The van der Waals surface area contributed by atoms with Crippen LogP contribution in [0.1, 0.15) is 52.5 Å². The average Bonchev–Trinajstić information content (AvgIpc) is 3.24. The van der Waals surface area contributed by atoms with Gasteiger partial charge in [0.25, 0.3) is 23.6 Å². The lowest BCUT2D eigenvalue weighted by atomic mass is 10.0. The van der Waals surface area contributed by atoms with Crippen LogP contribution in [0.5, 0.6) is 0 Å². The maximum atomic E-state index is 12.4. The zero-order chi connectivity index (χ0) is 25.0. The third kappa shape index (κ3) is 6.26. The summed E-state index contributed by atoms with van der Waals surface area (Å²) in [5.41, 5.74) is 1.35. The minimum absolute atomic E-state index is 0.0581. The molecule has 2 aliphatic rings. The van der Waals surface area contributed by atoms with E-state index in [2.05, 4.69) is 4.98 Å². The predicted molar refractivity (Wildman–Crippen MR) is 127 cm³/mol. The van der Waals surface area contributed by atoms with E-state index in [4.69, 9.17) is 4.84 Å². The van der Waals surface area contributed by atoms with E-state index >= 15 is 0 Å². The molecule has 1 saturated heterocycles. The standard InChI is InChI=1S/C23H27N3O6S2/c1-13(2)25-21(29)11-17(22(25)30)10-15(4)33-34-18-6-5-16(12-24-18)9-14(3)23(31)32-26-19(27)7-8-20(26)28/h5-6,11-15H,7-10H2,1-4H3. The Labute approximate surface area is 206 Å². The molecule has 0 aliphatic carbocycles. The second-order valence-corrected chi connectivity index (χ2v) is 11.2. The van der Waals surface area contributed by atoms with Gasteiger partial charge < -0.3 is 4.84 Å². The molecule has 2 unspecified atom stereocenters. The number of rotatable bonds is 10. The number of pyridine rings is 1. The van der Waals surface area contributed by atoms with Crippen molar-refractivity contribution in [3.8, 4) is 0 Å². The highest BCUT2D eigenvalue weighted by Crippen LogP contribution is 2.36. The van der Waals surface area contributed by atoms with Gasteiger partial charge in [-0.25, -0.2) is 9.78 Å². The molecule has 0 bridgehead atoms. The monoisotopic (exact) mass is 505 g/mol. The third-order valence-corrected chi connectivity index (χ3v) is 8.07. The summed E-state index contributed by atoms with van der Waals surface area (Å²) in [5.74, 6) is -2.67. The SMILES string of the molecule is CC(CC1=CC(=O)N(C(C)C)C1=O)SSc1ccc(CC(C)C(=O)ON2C(=O)CCC2=O)cn1. The van der Waals surface area contributed by atoms with Gasteiger partial charge in [-0.1, -0.05) is 30.7 Å². The highest BCUT2D eigenvalue weighted by Gasteiger charge is 2.34. The van der Waals surface area contributed by atoms with Crippen molar-refractivity contribution >= 4 is 51.2 Å². The van der Waals surface area contributed by atoms with Crippen LogP contribution >= 0.6 is 21.6 Å². The molecule has 1 aromatic heterocycles. The molecule has 2 atom stereocenters. The van der Waals surface area contributed by atoms with Gasteiger partial charge in [-0.15, -0.1) is 5.06 Å². The third-order valence-electron chi connectivity index (χ3n) is 5.28. The molecule has 34 heavy (non-hydrogen) atoms. The summed E-state index contributed by atoms with van der Waals surface area (Å²) in [5, 5.41) is 1.42. The first-order valence-corrected chi connectivity index (χ1v) is 13.2. The molecule has 3 heterocycles. The first-order chi connectivity index (χ1) is 16.1. The summed E-state index contributed by atoms with van der Waals surface area (Å²) in [6.45, 7) is 7.29. The number of nitrogens with zero attached hydrogens (tertiary/aromatic N) is 3. The first-order valence-electron chi connectivity index (χ1n) is 11.0. The molecule has 182 valence electrons. The van der Waals surface area contributed by atoms with E-state index < -0.39 is 23.7 Å². The van der Waals surface area contributed by atoms with Crippen LogP contribution in [-0.2, 0) is 35.2 Å². The van der Waals surface area contributed by atoms with E-state index in [9.17, 15) is 24.0 Å². The molecule has 9 nitrogen and oxygen atoms in total. The van der Waals surface area contributed by atoms with Crippen molar-refractivity contribution in [2.45, 2.75) is 69.7 Å². The summed E-state index contributed by atoms with van der Waals surface area (Å²) in [6.07, 6.45) is 4.06. The lowest BCUT2D eigenvalue weighted by Crippen LogP contribution is -2.37. The van der Waals surface area contributed by atoms with Gasteiger partial charge in [-0.05, 0) is 49.1 Å². The van der Waals surface area contributed by atoms with Crippen LogP contribution in [0, 0.1) is 5.92 Å². The fraction of sp³-hybridized carbons (Fsp3) is 0.478. The summed E-state index contributed by atoms with van der Waals surface area (Å²) in [4.78, 5) is 70.5. The summed E-state index contributed by atoms with van der Waals surface area (Å²) >= 11 is 0. The number of hydroxylamine groups is 2. The Hall–Kier alpha value is -2.66. The van der Waals surface area contributed by atoms with Crippen LogP contribution in [0.15, 0.2) is 35.0 Å². The number of carbonyl (C=O) groups excluding carboxylic acids is 5. The molecule has 0 radical (unpaired) electrons. The Morgan fingerprint density at radius 2 is 1.74 bits per heavy atom. The van der Waals surface area contributed by atoms with Crippen LogP contribution in [0.2, 0.25) is 0 Å². The number of imide groups is 2. The van der Waals surface area contributed by atoms with Crippen molar-refractivity contribution < 1.29 is 28.8 Å². The van der Waals surface area contributed by atoms with Gasteiger partial charge >= 0.3 is 5.97 Å². The number of amides is 4. The van der Waals surface area contributed by atoms with Crippen molar-refractivity contribution in [3.63, 3.8) is 0 Å². The van der Waals surface area contributed by atoms with Gasteiger partial charge in [-0.2, -0.15) is 0 Å². The summed E-state index contributed by atoms with van der Waals surface area (Å²) in [7, 11) is 3.03. The van der Waals surface area contributed by atoms with E-state index in [1.807, 2.05) is 32.9 Å². The topological polar surface area (TPSA) is 114 Å². The number of carbonyl (C=O) groups is 5. The smallest absolute Gasteiger partial charge is 0.330 e. The normalized spacial score (nSPS) is 18.1. The minimum atomic E-state index is -0.642. The van der Waals surface area contributed by atoms with E-state index in [0.717, 1.165) is 10.6 Å². The van der Waals surface area contributed by atoms with E-state index in [1.165, 1.54) is 21.8 Å². The summed E-state index contributed by atoms with van der Waals surface area (Å²) < 4.78 is 0. The van der Waals surface area contributed by atoms with Gasteiger partial charge in [0.1, 0.15) is 5.03 Å². The molecule has 0 saturated carbocycles. The molecule has 0 aromatic carbocycles. The lowest BCUT2D eigenvalue weighted by Gasteiger charge is -2.19. The van der Waals surface area contributed by atoms with Gasteiger partial charge in [0, 0.05) is 42.0 Å². The quantitative estimate of drug-likeness (QED) is 0.349. The zero-order valence-corrected chi connectivity index (χ0v) is 21.1. The molecule has 11 heteroatoms. The molecule has 1 aromatic rings. The fourth-order valence-corrected chi connectivity index (χ4v) is 5.52. The minimum Gasteiger partial charge on any atom is -0.330 e. The molecular weight excluding hydrogens is 478 g/mol. The highest BCUT2D eigenvalue weighted by atomic mass is 33.1. The second-order valence-electron chi connectivity index (χ2n) is 8.57. The van der Waals surface area contributed by atoms with E-state index in [1.54, 1.807) is 23.9 Å². The Kier molecular flexibility index (Phi) is 8.53. The van der Waals surface area contributed by atoms with Gasteiger partial charge in [-0.3, -0.25) is 24.1 Å². The van der Waals surface area contributed by atoms with Crippen molar-refractivity contribution in [3.05, 3.63) is 35.5 Å². The maximum Gasteiger partial charge on any atom is 0.336 e. The first kappa shape index (κ1) is 26.0. The molecule has 1 fully saturated rings. The molecule has 3 rings (SSSR count).